The minimum Gasteiger partial charge on any atom is -0.355 e. The van der Waals surface area contributed by atoms with E-state index in [0.29, 0.717) is 38.9 Å². The number of benzene rings is 1. The quantitative estimate of drug-likeness (QED) is 0.612. The molecule has 1 N–H and O–H groups in total. The van der Waals surface area contributed by atoms with Crippen LogP contribution in [0.4, 0.5) is 5.69 Å². The van der Waals surface area contributed by atoms with Crippen molar-refractivity contribution in [1.29, 1.82) is 0 Å². The molecule has 0 radical (unpaired) electrons. The van der Waals surface area contributed by atoms with E-state index in [2.05, 4.69) is 23.7 Å². The van der Waals surface area contributed by atoms with Crippen LogP contribution in [0.3, 0.4) is 0 Å². The summed E-state index contributed by atoms with van der Waals surface area (Å²) in [4.78, 5) is 28.7. The van der Waals surface area contributed by atoms with Gasteiger partial charge in [0.15, 0.2) is 0 Å². The SMILES string of the molecule is Cc1ccsc1CCNC(=O)C1CCN(S(=O)(=O)c2ccc3c(c2)C[C@@H](C)N3C(=O)C2CC2)CC1. The Bertz CT molecular complexity index is 1230. The maximum atomic E-state index is 13.4. The van der Waals surface area contributed by atoms with Gasteiger partial charge in [-0.2, -0.15) is 4.31 Å². The van der Waals surface area contributed by atoms with Gasteiger partial charge in [0, 0.05) is 48.1 Å². The first-order valence-corrected chi connectivity index (χ1v) is 14.8. The fourth-order valence-electron chi connectivity index (χ4n) is 5.24. The number of aryl methyl sites for hydroxylation is 1. The number of nitrogens with one attached hydrogen (secondary N) is 1. The van der Waals surface area contributed by atoms with E-state index in [1.807, 2.05) is 11.8 Å². The standard InChI is InChI=1S/C26H33N3O4S2/c1-17-10-14-34-24(17)7-11-27-25(30)19-8-12-28(13-9-19)35(32,33)22-5-6-23-21(16-22)15-18(2)29(23)26(31)20-3-4-20/h5-6,10,14,16,18-20H,3-4,7-9,11-13,15H2,1-2H3,(H,27,30)/t18-/m1/s1. The summed E-state index contributed by atoms with van der Waals surface area (Å²) >= 11 is 1.71. The molecule has 3 aliphatic rings. The molecule has 0 bridgehead atoms. The number of thiophene rings is 1. The van der Waals surface area contributed by atoms with E-state index < -0.39 is 10.0 Å². The number of sulfonamides is 1. The van der Waals surface area contributed by atoms with Crippen LogP contribution in [0, 0.1) is 18.8 Å². The lowest BCUT2D eigenvalue weighted by Gasteiger charge is -2.30. The van der Waals surface area contributed by atoms with Crippen LogP contribution in [-0.4, -0.2) is 50.2 Å². The number of carbonyl (C=O) groups excluding carboxylic acids is 2. The van der Waals surface area contributed by atoms with Gasteiger partial charge in [-0.15, -0.1) is 11.3 Å². The number of hydrogen-bond acceptors (Lipinski definition) is 5. The number of amides is 2. The van der Waals surface area contributed by atoms with E-state index in [9.17, 15) is 18.0 Å². The Labute approximate surface area is 211 Å². The highest BCUT2D eigenvalue weighted by Crippen LogP contribution is 2.40. The van der Waals surface area contributed by atoms with Crippen molar-refractivity contribution in [3.05, 3.63) is 45.6 Å². The second-order valence-electron chi connectivity index (χ2n) is 10.1. The summed E-state index contributed by atoms with van der Waals surface area (Å²) in [5.41, 5.74) is 3.02. The molecule has 0 unspecified atom stereocenters. The Morgan fingerprint density at radius 3 is 2.49 bits per heavy atom. The third-order valence-corrected chi connectivity index (χ3v) is 10.5. The number of anilines is 1. The van der Waals surface area contributed by atoms with E-state index in [1.165, 1.54) is 14.7 Å². The molecule has 2 amide bonds. The second kappa shape index (κ2) is 9.67. The Morgan fingerprint density at radius 2 is 1.83 bits per heavy atom. The van der Waals surface area contributed by atoms with Crippen molar-refractivity contribution < 1.29 is 18.0 Å². The molecule has 1 saturated carbocycles. The zero-order valence-electron chi connectivity index (χ0n) is 20.3. The first-order valence-electron chi connectivity index (χ1n) is 12.5. The van der Waals surface area contributed by atoms with Gasteiger partial charge in [-0.3, -0.25) is 9.59 Å². The molecule has 9 heteroatoms. The van der Waals surface area contributed by atoms with Crippen LogP contribution in [0.25, 0.3) is 0 Å². The van der Waals surface area contributed by atoms with E-state index in [0.717, 1.165) is 30.5 Å². The van der Waals surface area contributed by atoms with Gasteiger partial charge in [0.25, 0.3) is 0 Å². The van der Waals surface area contributed by atoms with Crippen molar-refractivity contribution in [1.82, 2.24) is 9.62 Å². The third-order valence-electron chi connectivity index (χ3n) is 7.51. The maximum Gasteiger partial charge on any atom is 0.243 e. The lowest BCUT2D eigenvalue weighted by Crippen LogP contribution is -2.43. The highest BCUT2D eigenvalue weighted by Gasteiger charge is 2.40. The minimum absolute atomic E-state index is 0.0168. The molecule has 1 aromatic heterocycles. The van der Waals surface area contributed by atoms with Crippen LogP contribution in [0.5, 0.6) is 0 Å². The molecule has 1 saturated heterocycles. The van der Waals surface area contributed by atoms with Gasteiger partial charge in [-0.05, 0) is 93.1 Å². The molecule has 35 heavy (non-hydrogen) atoms. The molecule has 188 valence electrons. The van der Waals surface area contributed by atoms with Crippen LogP contribution in [0.1, 0.15) is 48.6 Å². The highest BCUT2D eigenvalue weighted by molar-refractivity contribution is 7.89. The van der Waals surface area contributed by atoms with Crippen molar-refractivity contribution in [3.8, 4) is 0 Å². The van der Waals surface area contributed by atoms with Crippen molar-refractivity contribution >= 4 is 38.9 Å². The Balaban J connectivity index is 1.18. The molecule has 1 atom stereocenters. The van der Waals surface area contributed by atoms with E-state index in [1.54, 1.807) is 29.5 Å². The molecular formula is C26H33N3O4S2. The molecular weight excluding hydrogens is 482 g/mol. The number of rotatable bonds is 7. The van der Waals surface area contributed by atoms with Gasteiger partial charge in [0.1, 0.15) is 0 Å². The van der Waals surface area contributed by atoms with Gasteiger partial charge in [-0.1, -0.05) is 0 Å². The number of piperidine rings is 1. The van der Waals surface area contributed by atoms with Gasteiger partial charge in [0.2, 0.25) is 21.8 Å². The molecule has 2 fully saturated rings. The monoisotopic (exact) mass is 515 g/mol. The van der Waals surface area contributed by atoms with Crippen LogP contribution in [0.2, 0.25) is 0 Å². The summed E-state index contributed by atoms with van der Waals surface area (Å²) in [5, 5.41) is 5.09. The average molecular weight is 516 g/mol. The summed E-state index contributed by atoms with van der Waals surface area (Å²) in [6.07, 6.45) is 4.44. The first-order chi connectivity index (χ1) is 16.8. The zero-order chi connectivity index (χ0) is 24.7. The summed E-state index contributed by atoms with van der Waals surface area (Å²) in [5.74, 6) is 0.153. The largest absolute Gasteiger partial charge is 0.355 e. The third kappa shape index (κ3) is 4.90. The molecule has 0 spiro atoms. The Hall–Kier alpha value is -2.23. The van der Waals surface area contributed by atoms with E-state index >= 15 is 0 Å². The number of carbonyl (C=O) groups is 2. The predicted molar refractivity (Wildman–Crippen MR) is 137 cm³/mol. The average Bonchev–Trinajstić information content (AvgIpc) is 3.54. The van der Waals surface area contributed by atoms with Crippen LogP contribution in [0.15, 0.2) is 34.5 Å². The van der Waals surface area contributed by atoms with Crippen molar-refractivity contribution in [3.63, 3.8) is 0 Å². The molecule has 2 aliphatic heterocycles. The van der Waals surface area contributed by atoms with Gasteiger partial charge < -0.3 is 10.2 Å². The van der Waals surface area contributed by atoms with Crippen LogP contribution in [-0.2, 0) is 32.5 Å². The number of nitrogens with zero attached hydrogens (tertiary/aromatic N) is 2. The predicted octanol–water partition coefficient (Wildman–Crippen LogP) is 3.50. The lowest BCUT2D eigenvalue weighted by atomic mass is 9.97. The molecule has 2 aromatic rings. The summed E-state index contributed by atoms with van der Waals surface area (Å²) < 4.78 is 28.2. The highest BCUT2D eigenvalue weighted by atomic mass is 32.2. The molecule has 1 aromatic carbocycles. The Morgan fingerprint density at radius 1 is 1.09 bits per heavy atom. The summed E-state index contributed by atoms with van der Waals surface area (Å²) in [6, 6.07) is 7.30. The lowest BCUT2D eigenvalue weighted by molar-refractivity contribution is -0.126. The fourth-order valence-corrected chi connectivity index (χ4v) is 7.67. The molecule has 3 heterocycles. The zero-order valence-corrected chi connectivity index (χ0v) is 22.0. The molecule has 5 rings (SSSR count). The van der Waals surface area contributed by atoms with Gasteiger partial charge >= 0.3 is 0 Å². The first kappa shape index (κ1) is 24.5. The van der Waals surface area contributed by atoms with E-state index in [4.69, 9.17) is 0 Å². The van der Waals surface area contributed by atoms with Gasteiger partial charge in [-0.25, -0.2) is 8.42 Å². The normalized spacial score (nSPS) is 21.2. The minimum atomic E-state index is -3.64. The fraction of sp³-hybridized carbons (Fsp3) is 0.538. The number of hydrogen-bond donors (Lipinski definition) is 1. The van der Waals surface area contributed by atoms with Crippen molar-refractivity contribution in [2.45, 2.75) is 63.3 Å². The van der Waals surface area contributed by atoms with Gasteiger partial charge in [0.05, 0.1) is 4.90 Å². The molecule has 7 nitrogen and oxygen atoms in total. The topological polar surface area (TPSA) is 86.8 Å². The van der Waals surface area contributed by atoms with Crippen molar-refractivity contribution in [2.75, 3.05) is 24.5 Å². The van der Waals surface area contributed by atoms with Crippen molar-refractivity contribution in [2.24, 2.45) is 11.8 Å². The second-order valence-corrected chi connectivity index (χ2v) is 13.0. The summed E-state index contributed by atoms with van der Waals surface area (Å²) in [7, 11) is -3.64. The smallest absolute Gasteiger partial charge is 0.243 e. The van der Waals surface area contributed by atoms with E-state index in [-0.39, 0.29) is 34.6 Å². The Kier molecular flexibility index (Phi) is 6.76. The maximum absolute atomic E-state index is 13.4. The van der Waals surface area contributed by atoms with Crippen LogP contribution < -0.4 is 10.2 Å². The number of fused-ring (bicyclic) bond motifs is 1. The van der Waals surface area contributed by atoms with Crippen LogP contribution >= 0.6 is 11.3 Å². The summed E-state index contributed by atoms with van der Waals surface area (Å²) in [6.45, 7) is 5.38. The molecule has 1 aliphatic carbocycles.